The molecule has 3 N–H and O–H groups in total. The molecule has 2 aliphatic rings. The number of carbonyl (C=O) groups is 3. The maximum Gasteiger partial charge on any atom is 0.404 e. The number of carbonyl (C=O) groups excluding carboxylic acids is 2. The van der Waals surface area contributed by atoms with Gasteiger partial charge in [-0.15, -0.1) is 0 Å². The van der Waals surface area contributed by atoms with Crippen molar-refractivity contribution in [3.63, 3.8) is 0 Å². The number of hydrogen-bond donors (Lipinski definition) is 3. The molecule has 5 rings (SSSR count). The molecular formula is C29H30Cl2N6O6. The van der Waals surface area contributed by atoms with Crippen LogP contribution in [0, 0.1) is 0 Å². The highest BCUT2D eigenvalue weighted by atomic mass is 35.5. The molecule has 1 aromatic heterocycles. The van der Waals surface area contributed by atoms with Crippen LogP contribution < -0.4 is 21.9 Å². The molecule has 3 aromatic rings. The van der Waals surface area contributed by atoms with Crippen LogP contribution in [0.15, 0.2) is 58.3 Å². The number of anilines is 1. The number of halogens is 2. The molecule has 0 bridgehead atoms. The third-order valence-corrected chi connectivity index (χ3v) is 8.61. The number of fused-ring (bicyclic) bond motifs is 1. The van der Waals surface area contributed by atoms with Crippen LogP contribution in [0.2, 0.25) is 10.0 Å². The summed E-state index contributed by atoms with van der Waals surface area (Å²) in [5, 5.41) is 14.4. The number of amides is 4. The van der Waals surface area contributed by atoms with Crippen LogP contribution in [0.5, 0.6) is 0 Å². The Morgan fingerprint density at radius 2 is 1.72 bits per heavy atom. The van der Waals surface area contributed by atoms with Crippen molar-refractivity contribution in [2.24, 2.45) is 0 Å². The van der Waals surface area contributed by atoms with E-state index in [-0.39, 0.29) is 58.8 Å². The van der Waals surface area contributed by atoms with Crippen molar-refractivity contribution in [1.29, 1.82) is 0 Å². The number of nitrogens with one attached hydrogen (secondary N) is 2. The van der Waals surface area contributed by atoms with Gasteiger partial charge in [0.2, 0.25) is 5.91 Å². The highest BCUT2D eigenvalue weighted by Crippen LogP contribution is 2.31. The molecule has 0 radical (unpaired) electrons. The summed E-state index contributed by atoms with van der Waals surface area (Å²) >= 11 is 12.5. The molecule has 0 saturated carbocycles. The summed E-state index contributed by atoms with van der Waals surface area (Å²) < 4.78 is 2.00. The Labute approximate surface area is 256 Å². The van der Waals surface area contributed by atoms with Gasteiger partial charge in [-0.1, -0.05) is 53.5 Å². The molecule has 1 fully saturated rings. The number of urea groups is 1. The number of para-hydroxylation sites is 1. The van der Waals surface area contributed by atoms with Gasteiger partial charge in [0.1, 0.15) is 6.54 Å². The number of piperidine rings is 1. The van der Waals surface area contributed by atoms with Gasteiger partial charge in [0, 0.05) is 56.2 Å². The number of rotatable bonds is 7. The Kier molecular flexibility index (Phi) is 9.07. The van der Waals surface area contributed by atoms with Crippen molar-refractivity contribution in [3.8, 4) is 11.1 Å². The Morgan fingerprint density at radius 3 is 2.47 bits per heavy atom. The van der Waals surface area contributed by atoms with Crippen LogP contribution in [0.25, 0.3) is 11.1 Å². The lowest BCUT2D eigenvalue weighted by Gasteiger charge is -2.38. The molecule has 2 aromatic carbocycles. The van der Waals surface area contributed by atoms with Gasteiger partial charge in [-0.05, 0) is 37.0 Å². The van der Waals surface area contributed by atoms with Gasteiger partial charge in [-0.2, -0.15) is 0 Å². The first-order valence-corrected chi connectivity index (χ1v) is 14.6. The number of likely N-dealkylation sites (tertiary alicyclic amines) is 1. The van der Waals surface area contributed by atoms with Crippen LogP contribution in [0.1, 0.15) is 18.4 Å². The van der Waals surface area contributed by atoms with Gasteiger partial charge in [-0.25, -0.2) is 14.4 Å². The lowest BCUT2D eigenvalue weighted by Crippen LogP contribution is -2.51. The molecule has 0 spiro atoms. The first-order valence-electron chi connectivity index (χ1n) is 13.8. The van der Waals surface area contributed by atoms with E-state index in [9.17, 15) is 24.0 Å². The third-order valence-electron chi connectivity index (χ3n) is 7.80. The topological polar surface area (TPSA) is 146 Å². The highest BCUT2D eigenvalue weighted by Gasteiger charge is 2.31. The molecule has 1 saturated heterocycles. The lowest BCUT2D eigenvalue weighted by molar-refractivity contribution is -0.133. The molecule has 3 heterocycles. The number of hydrogen-bond acceptors (Lipinski definition) is 5. The van der Waals surface area contributed by atoms with Gasteiger partial charge >= 0.3 is 17.8 Å². The zero-order valence-electron chi connectivity index (χ0n) is 23.1. The first kappa shape index (κ1) is 30.2. The van der Waals surface area contributed by atoms with Crippen molar-refractivity contribution in [2.45, 2.75) is 38.4 Å². The molecule has 0 aliphatic carbocycles. The number of aromatic nitrogens is 2. The predicted molar refractivity (Wildman–Crippen MR) is 162 cm³/mol. The van der Waals surface area contributed by atoms with Crippen LogP contribution in [0.4, 0.5) is 15.3 Å². The second-order valence-corrected chi connectivity index (χ2v) is 11.2. The van der Waals surface area contributed by atoms with Gasteiger partial charge < -0.3 is 25.5 Å². The minimum atomic E-state index is -1.30. The summed E-state index contributed by atoms with van der Waals surface area (Å²) in [4.78, 5) is 67.4. The fourth-order valence-corrected chi connectivity index (χ4v) is 5.95. The van der Waals surface area contributed by atoms with Crippen LogP contribution >= 0.6 is 23.2 Å². The minimum absolute atomic E-state index is 0.0405. The fraction of sp³-hybridized carbons (Fsp3) is 0.345. The van der Waals surface area contributed by atoms with Crippen molar-refractivity contribution in [1.82, 2.24) is 24.3 Å². The molecule has 2 aliphatic heterocycles. The van der Waals surface area contributed by atoms with Crippen molar-refractivity contribution in [2.75, 3.05) is 31.5 Å². The second-order valence-electron chi connectivity index (χ2n) is 10.4. The van der Waals surface area contributed by atoms with Gasteiger partial charge in [-0.3, -0.25) is 18.7 Å². The standard InChI is InChI=1S/C29H30Cl2N6O6/c30-22-6-3-5-20(25(22)31)21-16-35(29(43)37(26(21)39)15-11-32-28(41)42)17-24(38)34-12-9-19(10-13-34)36-14-8-18-4-1-2-7-23(18)33-27(36)40/h1-7,16,19,32H,8-15,17H2,(H,33,40)(H,41,42). The van der Waals surface area contributed by atoms with Gasteiger partial charge in [0.15, 0.2) is 0 Å². The molecule has 226 valence electrons. The first-order chi connectivity index (χ1) is 20.6. The Morgan fingerprint density at radius 1 is 0.977 bits per heavy atom. The van der Waals surface area contributed by atoms with E-state index in [4.69, 9.17) is 28.3 Å². The number of carboxylic acid groups (broad SMARTS) is 1. The maximum atomic E-state index is 13.4. The van der Waals surface area contributed by atoms with Gasteiger partial charge in [0.05, 0.1) is 15.6 Å². The summed E-state index contributed by atoms with van der Waals surface area (Å²) in [6, 6.07) is 12.3. The normalized spacial score (nSPS) is 15.4. The third kappa shape index (κ3) is 6.55. The average Bonchev–Trinajstić information content (AvgIpc) is 3.15. The quantitative estimate of drug-likeness (QED) is 0.366. The summed E-state index contributed by atoms with van der Waals surface area (Å²) in [5.74, 6) is -0.328. The lowest BCUT2D eigenvalue weighted by atomic mass is 10.0. The Balaban J connectivity index is 1.32. The van der Waals surface area contributed by atoms with Crippen LogP contribution in [0.3, 0.4) is 0 Å². The molecular weight excluding hydrogens is 599 g/mol. The summed E-state index contributed by atoms with van der Waals surface area (Å²) in [7, 11) is 0. The van der Waals surface area contributed by atoms with E-state index in [1.807, 2.05) is 29.2 Å². The summed E-state index contributed by atoms with van der Waals surface area (Å²) in [6.45, 7) is 0.560. The van der Waals surface area contributed by atoms with Crippen LogP contribution in [-0.4, -0.2) is 74.3 Å². The van der Waals surface area contributed by atoms with E-state index >= 15 is 0 Å². The van der Waals surface area contributed by atoms with Crippen molar-refractivity contribution < 1.29 is 19.5 Å². The van der Waals surface area contributed by atoms with Crippen molar-refractivity contribution >= 4 is 46.9 Å². The number of nitrogens with zero attached hydrogens (tertiary/aromatic N) is 4. The van der Waals surface area contributed by atoms with E-state index in [1.165, 1.54) is 6.20 Å². The largest absolute Gasteiger partial charge is 0.465 e. The van der Waals surface area contributed by atoms with Gasteiger partial charge in [0.25, 0.3) is 5.56 Å². The molecule has 0 unspecified atom stereocenters. The molecule has 12 nitrogen and oxygen atoms in total. The van der Waals surface area contributed by atoms with E-state index < -0.39 is 17.3 Å². The molecule has 4 amide bonds. The molecule has 43 heavy (non-hydrogen) atoms. The average molecular weight is 630 g/mol. The highest BCUT2D eigenvalue weighted by molar-refractivity contribution is 6.43. The van der Waals surface area contributed by atoms with E-state index in [0.717, 1.165) is 26.8 Å². The Bertz CT molecular complexity index is 1680. The SMILES string of the molecule is O=C(O)NCCn1c(=O)c(-c2cccc(Cl)c2Cl)cn(CC(=O)N2CCC(N3CCc4ccccc4NC3=O)CC2)c1=O. The monoisotopic (exact) mass is 628 g/mol. The van der Waals surface area contributed by atoms with Crippen LogP contribution in [-0.2, 0) is 24.3 Å². The second kappa shape index (κ2) is 12.9. The van der Waals surface area contributed by atoms with Crippen molar-refractivity contribution in [3.05, 3.63) is 85.1 Å². The zero-order valence-corrected chi connectivity index (χ0v) is 24.6. The predicted octanol–water partition coefficient (Wildman–Crippen LogP) is 3.33. The minimum Gasteiger partial charge on any atom is -0.465 e. The Hall–Kier alpha value is -4.29. The maximum absolute atomic E-state index is 13.4. The fourth-order valence-electron chi connectivity index (χ4n) is 5.55. The van der Waals surface area contributed by atoms with E-state index in [1.54, 1.807) is 23.1 Å². The summed E-state index contributed by atoms with van der Waals surface area (Å²) in [5.41, 5.74) is 0.759. The van der Waals surface area contributed by atoms with E-state index in [0.29, 0.717) is 32.5 Å². The number of benzene rings is 2. The van der Waals surface area contributed by atoms with E-state index in [2.05, 4.69) is 10.6 Å². The molecule has 0 atom stereocenters. The zero-order chi connectivity index (χ0) is 30.7. The summed E-state index contributed by atoms with van der Waals surface area (Å²) in [6.07, 6.45) is 1.87. The smallest absolute Gasteiger partial charge is 0.404 e. The molecule has 14 heteroatoms.